The minimum Gasteiger partial charge on any atom is -0.384 e. The van der Waals surface area contributed by atoms with Gasteiger partial charge in [-0.25, -0.2) is 0 Å². The third-order valence-corrected chi connectivity index (χ3v) is 6.54. The van der Waals surface area contributed by atoms with Gasteiger partial charge in [0.25, 0.3) is 0 Å². The zero-order chi connectivity index (χ0) is 28.9. The van der Waals surface area contributed by atoms with Crippen LogP contribution in [0.15, 0.2) is 59.1 Å². The molecule has 2 unspecified atom stereocenters. The Morgan fingerprint density at radius 2 is 1.08 bits per heavy atom. The summed E-state index contributed by atoms with van der Waals surface area (Å²) in [5.41, 5.74) is -3.91. The quantitative estimate of drug-likeness (QED) is 0.278. The Labute approximate surface area is 209 Å². The van der Waals surface area contributed by atoms with E-state index >= 15 is 0 Å². The number of rotatable bonds is 9. The maximum Gasteiger partial charge on any atom is 0.460 e. The van der Waals surface area contributed by atoms with E-state index in [1.165, 1.54) is 36.4 Å². The van der Waals surface area contributed by atoms with Gasteiger partial charge in [0, 0.05) is 10.4 Å². The molecule has 1 nitrogen and oxygen atoms in total. The first-order valence-corrected chi connectivity index (χ1v) is 10.8. The molecule has 0 fully saturated rings. The van der Waals surface area contributed by atoms with Crippen LogP contribution < -0.4 is 0 Å². The fraction of sp³-hybridized carbons (Fsp3) is 0.455. The van der Waals surface area contributed by atoms with Crippen molar-refractivity contribution in [1.82, 2.24) is 0 Å². The van der Waals surface area contributed by atoms with Crippen molar-refractivity contribution < 1.29 is 62.2 Å². The van der Waals surface area contributed by atoms with Crippen LogP contribution in [0.1, 0.15) is 30.4 Å². The van der Waals surface area contributed by atoms with Gasteiger partial charge >= 0.3 is 35.8 Å². The van der Waals surface area contributed by atoms with E-state index in [0.717, 1.165) is 25.1 Å². The van der Waals surface area contributed by atoms with Gasteiger partial charge in [-0.15, -0.1) is 0 Å². The number of hydrogen-bond donors (Lipinski definition) is 1. The van der Waals surface area contributed by atoms with E-state index in [9.17, 15) is 62.2 Å². The molecule has 2 atom stereocenters. The molecule has 15 heteroatoms. The van der Waals surface area contributed by atoms with Crippen molar-refractivity contribution in [3.63, 3.8) is 0 Å². The van der Waals surface area contributed by atoms with Crippen LogP contribution in [0.2, 0.25) is 0 Å². The van der Waals surface area contributed by atoms with Crippen LogP contribution in [0.5, 0.6) is 0 Å². The summed E-state index contributed by atoms with van der Waals surface area (Å²) in [5, 5.41) is 11.2. The SMILES string of the molecule is CC(c1ccccc1)C(O)(CC(F)(F)C(F)(F)C(F)(F)C(F)(F)C(F)(F)C(F)(F)F)c1ccccc1Br. The highest BCUT2D eigenvalue weighted by molar-refractivity contribution is 9.10. The molecule has 0 amide bonds. The molecular weight excluding hydrogens is 607 g/mol. The van der Waals surface area contributed by atoms with Crippen LogP contribution in [0.25, 0.3) is 0 Å². The first kappa shape index (κ1) is 31.2. The third-order valence-electron chi connectivity index (χ3n) is 5.85. The van der Waals surface area contributed by atoms with Crippen LogP contribution in [-0.2, 0) is 5.60 Å². The highest BCUT2D eigenvalue weighted by Crippen LogP contribution is 2.62. The average molecular weight is 623 g/mol. The lowest BCUT2D eigenvalue weighted by molar-refractivity contribution is -0.441. The maximum absolute atomic E-state index is 14.8. The second kappa shape index (κ2) is 9.62. The first-order valence-electron chi connectivity index (χ1n) is 9.97. The lowest BCUT2D eigenvalue weighted by Crippen LogP contribution is -2.70. The summed E-state index contributed by atoms with van der Waals surface area (Å²) in [5.74, 6) is -39.4. The molecule has 2 rings (SSSR count). The van der Waals surface area contributed by atoms with Crippen molar-refractivity contribution in [2.45, 2.75) is 60.7 Å². The summed E-state index contributed by atoms with van der Waals surface area (Å²) in [7, 11) is 0. The predicted molar refractivity (Wildman–Crippen MR) is 108 cm³/mol. The van der Waals surface area contributed by atoms with Crippen LogP contribution >= 0.6 is 15.9 Å². The molecule has 0 aliphatic rings. The van der Waals surface area contributed by atoms with E-state index in [-0.39, 0.29) is 10.0 Å². The molecule has 2 aromatic carbocycles. The molecule has 0 bridgehead atoms. The van der Waals surface area contributed by atoms with Gasteiger partial charge in [-0.05, 0) is 17.2 Å². The Morgan fingerprint density at radius 1 is 0.649 bits per heavy atom. The molecular formula is C22H16BrF13O. The summed E-state index contributed by atoms with van der Waals surface area (Å²) in [6.45, 7) is 0.994. The van der Waals surface area contributed by atoms with Gasteiger partial charge in [0.2, 0.25) is 0 Å². The molecule has 0 heterocycles. The molecule has 0 aromatic heterocycles. The molecule has 0 radical (unpaired) electrons. The van der Waals surface area contributed by atoms with Gasteiger partial charge < -0.3 is 5.11 Å². The largest absolute Gasteiger partial charge is 0.460 e. The Bertz CT molecular complexity index is 1090. The molecule has 2 aromatic rings. The van der Waals surface area contributed by atoms with Crippen molar-refractivity contribution in [2.24, 2.45) is 0 Å². The average Bonchev–Trinajstić information content (AvgIpc) is 2.77. The molecule has 0 saturated carbocycles. The summed E-state index contributed by atoms with van der Waals surface area (Å²) in [6.07, 6.45) is -10.3. The Morgan fingerprint density at radius 3 is 1.54 bits per heavy atom. The topological polar surface area (TPSA) is 20.2 Å². The van der Waals surface area contributed by atoms with E-state index < -0.39 is 59.3 Å². The molecule has 0 aliphatic heterocycles. The number of benzene rings is 2. The predicted octanol–water partition coefficient (Wildman–Crippen LogP) is 8.57. The van der Waals surface area contributed by atoms with Gasteiger partial charge in [-0.1, -0.05) is 71.4 Å². The maximum atomic E-state index is 14.8. The number of hydrogen-bond acceptors (Lipinski definition) is 1. The Balaban J connectivity index is 2.70. The van der Waals surface area contributed by atoms with Crippen LogP contribution in [0.4, 0.5) is 57.1 Å². The normalized spacial score (nSPS) is 16.9. The van der Waals surface area contributed by atoms with Crippen LogP contribution in [-0.4, -0.2) is 40.9 Å². The lowest BCUT2D eigenvalue weighted by atomic mass is 9.73. The molecule has 0 saturated heterocycles. The van der Waals surface area contributed by atoms with E-state index in [1.54, 1.807) is 0 Å². The van der Waals surface area contributed by atoms with E-state index in [4.69, 9.17) is 0 Å². The van der Waals surface area contributed by atoms with Gasteiger partial charge in [0.05, 0.1) is 6.42 Å². The lowest BCUT2D eigenvalue weighted by Gasteiger charge is -2.43. The fourth-order valence-electron chi connectivity index (χ4n) is 3.56. The third kappa shape index (κ3) is 4.92. The van der Waals surface area contributed by atoms with Gasteiger partial charge in [0.15, 0.2) is 0 Å². The van der Waals surface area contributed by atoms with Crippen molar-refractivity contribution in [2.75, 3.05) is 0 Å². The van der Waals surface area contributed by atoms with E-state index in [0.29, 0.717) is 0 Å². The standard InChI is InChI=1S/C22H16BrF13O/c1-12(13-7-3-2-4-8-13)16(37,14-9-5-6-10-15(14)23)11-17(24,25)18(26,27)19(28,29)20(30,31)21(32,33)22(34,35)36/h2-10,12,37H,11H2,1H3. The minimum absolute atomic E-state index is 0.0273. The number of halogens is 14. The number of alkyl halides is 13. The second-order valence-corrected chi connectivity index (χ2v) is 9.07. The van der Waals surface area contributed by atoms with Gasteiger partial charge in [-0.3, -0.25) is 0 Å². The zero-order valence-electron chi connectivity index (χ0n) is 18.2. The number of aliphatic hydroxyl groups is 1. The summed E-state index contributed by atoms with van der Waals surface area (Å²) in [4.78, 5) is 0. The van der Waals surface area contributed by atoms with Crippen LogP contribution in [0, 0.1) is 0 Å². The Kier molecular flexibility index (Phi) is 8.11. The van der Waals surface area contributed by atoms with Crippen LogP contribution in [0.3, 0.4) is 0 Å². The van der Waals surface area contributed by atoms with Crippen molar-refractivity contribution in [3.05, 3.63) is 70.2 Å². The highest BCUT2D eigenvalue weighted by atomic mass is 79.9. The van der Waals surface area contributed by atoms with Crippen molar-refractivity contribution >= 4 is 15.9 Å². The molecule has 0 spiro atoms. The summed E-state index contributed by atoms with van der Waals surface area (Å²) >= 11 is 2.87. The zero-order valence-corrected chi connectivity index (χ0v) is 19.8. The fourth-order valence-corrected chi connectivity index (χ4v) is 4.19. The summed E-state index contributed by atoms with van der Waals surface area (Å²) < 4.78 is 177. The van der Waals surface area contributed by atoms with Crippen molar-refractivity contribution in [3.8, 4) is 0 Å². The van der Waals surface area contributed by atoms with Crippen molar-refractivity contribution in [1.29, 1.82) is 0 Å². The molecule has 1 N–H and O–H groups in total. The molecule has 37 heavy (non-hydrogen) atoms. The molecule has 208 valence electrons. The Hall–Kier alpha value is -2.03. The minimum atomic E-state index is -8.01. The highest BCUT2D eigenvalue weighted by Gasteiger charge is 2.90. The van der Waals surface area contributed by atoms with Gasteiger partial charge in [-0.2, -0.15) is 57.1 Å². The van der Waals surface area contributed by atoms with E-state index in [2.05, 4.69) is 15.9 Å². The first-order chi connectivity index (χ1) is 16.5. The smallest absolute Gasteiger partial charge is 0.384 e. The van der Waals surface area contributed by atoms with E-state index in [1.807, 2.05) is 0 Å². The second-order valence-electron chi connectivity index (χ2n) is 8.21. The molecule has 0 aliphatic carbocycles. The summed E-state index contributed by atoms with van der Waals surface area (Å²) in [6, 6.07) is 10.9. The monoisotopic (exact) mass is 622 g/mol. The van der Waals surface area contributed by atoms with Gasteiger partial charge in [0.1, 0.15) is 5.60 Å².